The van der Waals surface area contributed by atoms with Crippen LogP contribution in [0.5, 0.6) is 0 Å². The summed E-state index contributed by atoms with van der Waals surface area (Å²) in [6.07, 6.45) is 5.92. The molecular formula is C17H14N4O3S2. The smallest absolute Gasteiger partial charge is 0.284 e. The van der Waals surface area contributed by atoms with E-state index in [-0.39, 0.29) is 5.56 Å². The molecular weight excluding hydrogens is 372 g/mol. The number of fused-ring (bicyclic) bond motifs is 3. The van der Waals surface area contributed by atoms with Crippen LogP contribution >= 0.6 is 23.1 Å². The standard InChI is InChI=1S/C17H14N4O3S2/c22-14-13-9-4-1-2-6-11(9)26-16(13)19-12(18-14)8-25-17-21-20-15(24-17)10-5-3-7-23-10/h3,5,7H,1-2,4,6,8H2,(H,18,19,22). The van der Waals surface area contributed by atoms with Gasteiger partial charge in [-0.05, 0) is 43.4 Å². The maximum Gasteiger partial charge on any atom is 0.284 e. The van der Waals surface area contributed by atoms with Crippen LogP contribution in [0.15, 0.2) is 37.2 Å². The highest BCUT2D eigenvalue weighted by Crippen LogP contribution is 2.34. The predicted octanol–water partition coefficient (Wildman–Crippen LogP) is 3.80. The van der Waals surface area contributed by atoms with E-state index in [4.69, 9.17) is 8.83 Å². The number of nitrogens with zero attached hydrogens (tertiary/aromatic N) is 3. The first-order chi connectivity index (χ1) is 12.8. The van der Waals surface area contributed by atoms with Gasteiger partial charge in [0, 0.05) is 4.88 Å². The molecule has 0 amide bonds. The van der Waals surface area contributed by atoms with Gasteiger partial charge in [-0.15, -0.1) is 21.5 Å². The first-order valence-electron chi connectivity index (χ1n) is 8.31. The van der Waals surface area contributed by atoms with Gasteiger partial charge in [-0.25, -0.2) is 4.98 Å². The van der Waals surface area contributed by atoms with Crippen molar-refractivity contribution in [3.63, 3.8) is 0 Å². The van der Waals surface area contributed by atoms with Crippen molar-refractivity contribution >= 4 is 33.3 Å². The molecule has 0 radical (unpaired) electrons. The summed E-state index contributed by atoms with van der Waals surface area (Å²) in [5.74, 6) is 1.93. The zero-order valence-corrected chi connectivity index (χ0v) is 15.3. The van der Waals surface area contributed by atoms with Crippen molar-refractivity contribution in [1.82, 2.24) is 20.2 Å². The highest BCUT2D eigenvalue weighted by atomic mass is 32.2. The number of aryl methyl sites for hydroxylation is 2. The van der Waals surface area contributed by atoms with Gasteiger partial charge in [-0.3, -0.25) is 4.79 Å². The molecule has 0 fully saturated rings. The van der Waals surface area contributed by atoms with E-state index in [9.17, 15) is 4.79 Å². The first-order valence-corrected chi connectivity index (χ1v) is 10.1. The Labute approximate surface area is 155 Å². The lowest BCUT2D eigenvalue weighted by Gasteiger charge is -2.09. The van der Waals surface area contributed by atoms with Crippen molar-refractivity contribution in [1.29, 1.82) is 0 Å². The molecule has 1 N–H and O–H groups in total. The summed E-state index contributed by atoms with van der Waals surface area (Å²) in [5, 5.41) is 9.14. The van der Waals surface area contributed by atoms with Crippen molar-refractivity contribution in [2.75, 3.05) is 0 Å². The van der Waals surface area contributed by atoms with Gasteiger partial charge in [0.1, 0.15) is 10.7 Å². The lowest BCUT2D eigenvalue weighted by Crippen LogP contribution is -2.12. The molecule has 7 nitrogen and oxygen atoms in total. The lowest BCUT2D eigenvalue weighted by molar-refractivity contribution is 0.447. The van der Waals surface area contributed by atoms with E-state index in [1.165, 1.54) is 28.6 Å². The molecule has 5 rings (SSSR count). The number of aromatic nitrogens is 4. The summed E-state index contributed by atoms with van der Waals surface area (Å²) < 4.78 is 10.8. The van der Waals surface area contributed by atoms with Gasteiger partial charge < -0.3 is 13.8 Å². The number of rotatable bonds is 4. The Bertz CT molecular complexity index is 1130. The van der Waals surface area contributed by atoms with Gasteiger partial charge in [0.25, 0.3) is 16.7 Å². The average molecular weight is 386 g/mol. The first kappa shape index (κ1) is 15.8. The van der Waals surface area contributed by atoms with Crippen LogP contribution in [0.3, 0.4) is 0 Å². The van der Waals surface area contributed by atoms with Crippen molar-refractivity contribution in [2.24, 2.45) is 0 Å². The SMILES string of the molecule is O=c1[nH]c(CSc2nnc(-c3ccco3)o2)nc2sc3c(c12)CCCC3. The molecule has 1 aliphatic carbocycles. The van der Waals surface area contributed by atoms with E-state index in [1.807, 2.05) is 0 Å². The Balaban J connectivity index is 1.39. The third kappa shape index (κ3) is 2.77. The number of H-pyrrole nitrogens is 1. The van der Waals surface area contributed by atoms with E-state index in [2.05, 4.69) is 20.2 Å². The second-order valence-corrected chi connectivity index (χ2v) is 8.05. The van der Waals surface area contributed by atoms with Crippen LogP contribution in [-0.2, 0) is 18.6 Å². The third-order valence-electron chi connectivity index (χ3n) is 4.34. The van der Waals surface area contributed by atoms with Crippen LogP contribution in [0.1, 0.15) is 29.1 Å². The Morgan fingerprint density at radius 1 is 1.27 bits per heavy atom. The minimum Gasteiger partial charge on any atom is -0.459 e. The van der Waals surface area contributed by atoms with Crippen LogP contribution in [-0.4, -0.2) is 20.2 Å². The molecule has 0 saturated carbocycles. The van der Waals surface area contributed by atoms with E-state index in [0.29, 0.717) is 28.5 Å². The third-order valence-corrected chi connectivity index (χ3v) is 6.36. The molecule has 4 heterocycles. The van der Waals surface area contributed by atoms with Gasteiger partial charge in [-0.1, -0.05) is 11.8 Å². The van der Waals surface area contributed by atoms with Gasteiger partial charge in [0.15, 0.2) is 5.76 Å². The van der Waals surface area contributed by atoms with E-state index >= 15 is 0 Å². The Kier molecular flexibility index (Phi) is 3.90. The normalized spacial score (nSPS) is 14.0. The highest BCUT2D eigenvalue weighted by Gasteiger charge is 2.20. The topological polar surface area (TPSA) is 97.8 Å². The van der Waals surface area contributed by atoms with Crippen LogP contribution < -0.4 is 5.56 Å². The summed E-state index contributed by atoms with van der Waals surface area (Å²) in [7, 11) is 0. The Morgan fingerprint density at radius 3 is 3.08 bits per heavy atom. The van der Waals surface area contributed by atoms with Gasteiger partial charge in [0.05, 0.1) is 17.4 Å². The second kappa shape index (κ2) is 6.40. The summed E-state index contributed by atoms with van der Waals surface area (Å²) in [6.45, 7) is 0. The summed E-state index contributed by atoms with van der Waals surface area (Å²) in [6, 6.07) is 3.52. The van der Waals surface area contributed by atoms with Crippen molar-refractivity contribution in [2.45, 2.75) is 36.7 Å². The molecule has 4 aromatic heterocycles. The number of hydrogen-bond acceptors (Lipinski definition) is 8. The lowest BCUT2D eigenvalue weighted by atomic mass is 9.97. The highest BCUT2D eigenvalue weighted by molar-refractivity contribution is 7.98. The fourth-order valence-electron chi connectivity index (χ4n) is 3.17. The molecule has 1 aliphatic rings. The monoisotopic (exact) mass is 386 g/mol. The van der Waals surface area contributed by atoms with Crippen LogP contribution in [0, 0.1) is 0 Å². The largest absolute Gasteiger partial charge is 0.459 e. The molecule has 4 aromatic rings. The average Bonchev–Trinajstić information content (AvgIpc) is 3.37. The van der Waals surface area contributed by atoms with Crippen molar-refractivity contribution in [3.8, 4) is 11.7 Å². The molecule has 0 bridgehead atoms. The summed E-state index contributed by atoms with van der Waals surface area (Å²) in [5.41, 5.74) is 1.15. The molecule has 0 unspecified atom stereocenters. The zero-order valence-electron chi connectivity index (χ0n) is 13.7. The molecule has 0 saturated heterocycles. The van der Waals surface area contributed by atoms with Gasteiger partial charge in [-0.2, -0.15) is 0 Å². The van der Waals surface area contributed by atoms with E-state index in [0.717, 1.165) is 29.5 Å². The molecule has 0 aliphatic heterocycles. The minimum atomic E-state index is -0.0493. The maximum absolute atomic E-state index is 12.5. The fourth-order valence-corrected chi connectivity index (χ4v) is 5.09. The maximum atomic E-state index is 12.5. The molecule has 9 heteroatoms. The Hall–Kier alpha value is -2.39. The number of hydrogen-bond donors (Lipinski definition) is 1. The van der Waals surface area contributed by atoms with Gasteiger partial charge in [0.2, 0.25) is 0 Å². The molecule has 0 spiro atoms. The van der Waals surface area contributed by atoms with E-state index in [1.54, 1.807) is 29.7 Å². The van der Waals surface area contributed by atoms with E-state index < -0.39 is 0 Å². The van der Waals surface area contributed by atoms with Crippen molar-refractivity contribution < 1.29 is 8.83 Å². The quantitative estimate of drug-likeness (QED) is 0.533. The molecule has 132 valence electrons. The van der Waals surface area contributed by atoms with Gasteiger partial charge >= 0.3 is 0 Å². The number of thioether (sulfide) groups is 1. The number of thiophene rings is 1. The van der Waals surface area contributed by atoms with Crippen LogP contribution in [0.4, 0.5) is 0 Å². The predicted molar refractivity (Wildman–Crippen MR) is 98.4 cm³/mol. The number of furan rings is 1. The van der Waals surface area contributed by atoms with Crippen LogP contribution in [0.2, 0.25) is 0 Å². The molecule has 0 atom stereocenters. The van der Waals surface area contributed by atoms with Crippen LogP contribution in [0.25, 0.3) is 21.9 Å². The minimum absolute atomic E-state index is 0.0493. The molecule has 0 aromatic carbocycles. The van der Waals surface area contributed by atoms with Crippen molar-refractivity contribution in [3.05, 3.63) is 45.0 Å². The summed E-state index contributed by atoms with van der Waals surface area (Å²) in [4.78, 5) is 22.2. The second-order valence-electron chi connectivity index (χ2n) is 6.04. The molecule has 26 heavy (non-hydrogen) atoms. The summed E-state index contributed by atoms with van der Waals surface area (Å²) >= 11 is 2.98. The zero-order chi connectivity index (χ0) is 17.5. The number of aromatic amines is 1. The Morgan fingerprint density at radius 2 is 2.19 bits per heavy atom. The number of nitrogens with one attached hydrogen (secondary N) is 1. The fraction of sp³-hybridized carbons (Fsp3) is 0.294.